The van der Waals surface area contributed by atoms with Crippen LogP contribution in [0.25, 0.3) is 20.4 Å². The molecule has 3 aromatic heterocycles. The minimum absolute atomic E-state index is 0.00850. The van der Waals surface area contributed by atoms with E-state index in [0.717, 1.165) is 19.1 Å². The van der Waals surface area contributed by atoms with Gasteiger partial charge in [0.05, 0.1) is 31.3 Å². The number of aromatic nitrogens is 2. The maximum atomic E-state index is 13.2. The zero-order valence-electron chi connectivity index (χ0n) is 14.8. The molecule has 4 heterocycles. The number of halogens is 1. The summed E-state index contributed by atoms with van der Waals surface area (Å²) >= 11 is 10.6. The molecule has 0 aliphatic carbocycles. The summed E-state index contributed by atoms with van der Waals surface area (Å²) in [4.78, 5) is 17.0. The molecule has 0 saturated heterocycles. The quantitative estimate of drug-likeness (QED) is 0.418. The molecule has 1 aromatic carbocycles. The number of nitrogens with two attached hydrogens (primary N) is 1. The van der Waals surface area contributed by atoms with Crippen LogP contribution < -0.4 is 16.0 Å². The van der Waals surface area contributed by atoms with E-state index in [9.17, 15) is 10.1 Å². The van der Waals surface area contributed by atoms with Crippen molar-refractivity contribution in [2.75, 3.05) is 6.26 Å². The lowest BCUT2D eigenvalue weighted by molar-refractivity contribution is 0.397. The molecule has 29 heavy (non-hydrogen) atoms. The van der Waals surface area contributed by atoms with Crippen LogP contribution in [0.3, 0.4) is 0 Å². The number of rotatable bonds is 2. The molecule has 144 valence electrons. The molecule has 1 unspecified atom stereocenters. The molecular weight excluding hydrogens is 448 g/mol. The number of nitriles is 1. The Balaban J connectivity index is 1.88. The van der Waals surface area contributed by atoms with Gasteiger partial charge in [0.15, 0.2) is 5.75 Å². The highest BCUT2D eigenvalue weighted by atomic mass is 35.5. The van der Waals surface area contributed by atoms with Crippen LogP contribution in [0.15, 0.2) is 44.7 Å². The van der Waals surface area contributed by atoms with Crippen LogP contribution in [0.2, 0.25) is 5.02 Å². The largest absolute Gasteiger partial charge is 0.438 e. The highest BCUT2D eigenvalue weighted by Gasteiger charge is 2.35. The van der Waals surface area contributed by atoms with Gasteiger partial charge in [0.1, 0.15) is 16.5 Å². The second kappa shape index (κ2) is 6.78. The highest BCUT2D eigenvalue weighted by molar-refractivity contribution is 8.00. The maximum Gasteiger partial charge on any atom is 0.256 e. The molecule has 5 rings (SSSR count). The van der Waals surface area contributed by atoms with E-state index in [2.05, 4.69) is 15.4 Å². The van der Waals surface area contributed by atoms with Gasteiger partial charge in [-0.3, -0.25) is 4.79 Å². The minimum atomic E-state index is -0.664. The van der Waals surface area contributed by atoms with Crippen LogP contribution in [0, 0.1) is 11.3 Å². The van der Waals surface area contributed by atoms with Crippen molar-refractivity contribution < 1.29 is 4.74 Å². The average Bonchev–Trinajstić information content (AvgIpc) is 3.26. The zero-order chi connectivity index (χ0) is 20.3. The Morgan fingerprint density at radius 1 is 1.45 bits per heavy atom. The van der Waals surface area contributed by atoms with Gasteiger partial charge in [-0.15, -0.1) is 23.1 Å². The Hall–Kier alpha value is -2.51. The second-order valence-electron chi connectivity index (χ2n) is 6.34. The Morgan fingerprint density at radius 2 is 2.28 bits per heavy atom. The maximum absolute atomic E-state index is 13.2. The lowest BCUT2D eigenvalue weighted by Gasteiger charge is -2.26. The lowest BCUT2D eigenvalue weighted by Crippen LogP contribution is -2.27. The molecule has 0 spiro atoms. The molecule has 1 aliphatic rings. The topological polar surface area (TPSA) is 105 Å². The first kappa shape index (κ1) is 18.5. The molecular formula is C19H11ClN4O2S3. The zero-order valence-corrected chi connectivity index (χ0v) is 18.0. The second-order valence-corrected chi connectivity index (χ2v) is 9.62. The van der Waals surface area contributed by atoms with E-state index in [1.807, 2.05) is 12.3 Å². The van der Waals surface area contributed by atoms with Gasteiger partial charge in [-0.25, -0.2) is 0 Å². The third kappa shape index (κ3) is 2.68. The predicted octanol–water partition coefficient (Wildman–Crippen LogP) is 4.79. The molecule has 3 N–H and O–H groups in total. The first-order valence-electron chi connectivity index (χ1n) is 8.38. The Bertz CT molecular complexity index is 1440. The van der Waals surface area contributed by atoms with E-state index < -0.39 is 5.92 Å². The van der Waals surface area contributed by atoms with Crippen LogP contribution in [0.5, 0.6) is 5.75 Å². The molecule has 6 nitrogen and oxygen atoms in total. The Labute approximate surface area is 181 Å². The van der Waals surface area contributed by atoms with Crippen molar-refractivity contribution in [3.8, 4) is 11.8 Å². The average molecular weight is 459 g/mol. The number of hydrogen-bond acceptors (Lipinski definition) is 8. The predicted molar refractivity (Wildman–Crippen MR) is 118 cm³/mol. The smallest absolute Gasteiger partial charge is 0.256 e. The number of pyridine rings is 1. The van der Waals surface area contributed by atoms with Crippen molar-refractivity contribution in [2.45, 2.75) is 10.1 Å². The van der Waals surface area contributed by atoms with E-state index in [1.165, 1.54) is 22.9 Å². The van der Waals surface area contributed by atoms with Crippen LogP contribution >= 0.6 is 46.2 Å². The Kier molecular flexibility index (Phi) is 4.33. The third-order valence-corrected chi connectivity index (χ3v) is 8.16. The number of ether oxygens (including phenoxy) is 1. The standard InChI is InChI=1S/C19H11ClN4O2S3/c1-27-19-12-13-15(28-18(12)24-29-19)14-11(17(25)23-13)10(9(6-21)16(22)26-14)7-3-2-4-8(20)5-7/h2-5,10H,22H2,1H3,(H,23,25). The third-order valence-electron chi connectivity index (χ3n) is 4.78. The lowest BCUT2D eigenvalue weighted by atomic mass is 9.84. The summed E-state index contributed by atoms with van der Waals surface area (Å²) in [6.07, 6.45) is 1.97. The van der Waals surface area contributed by atoms with Crippen LogP contribution in [0.1, 0.15) is 17.0 Å². The summed E-state index contributed by atoms with van der Waals surface area (Å²) in [6.45, 7) is 0. The van der Waals surface area contributed by atoms with Gasteiger partial charge in [0.25, 0.3) is 5.56 Å². The van der Waals surface area contributed by atoms with E-state index in [-0.39, 0.29) is 17.0 Å². The fourth-order valence-electron chi connectivity index (χ4n) is 3.58. The van der Waals surface area contributed by atoms with Gasteiger partial charge < -0.3 is 15.5 Å². The molecule has 0 radical (unpaired) electrons. The van der Waals surface area contributed by atoms with E-state index in [4.69, 9.17) is 22.1 Å². The molecule has 1 atom stereocenters. The monoisotopic (exact) mass is 458 g/mol. The number of nitrogens with zero attached hydrogens (tertiary/aromatic N) is 2. The van der Waals surface area contributed by atoms with Crippen LogP contribution in [-0.2, 0) is 0 Å². The number of aromatic amines is 1. The minimum Gasteiger partial charge on any atom is -0.438 e. The van der Waals surface area contributed by atoms with Crippen molar-refractivity contribution in [3.63, 3.8) is 0 Å². The van der Waals surface area contributed by atoms with Crippen molar-refractivity contribution in [1.82, 2.24) is 9.36 Å². The number of fused-ring (bicyclic) bond motifs is 5. The van der Waals surface area contributed by atoms with Crippen LogP contribution in [-0.4, -0.2) is 15.6 Å². The summed E-state index contributed by atoms with van der Waals surface area (Å²) < 4.78 is 12.1. The molecule has 1 aliphatic heterocycles. The Morgan fingerprint density at radius 3 is 3.00 bits per heavy atom. The SMILES string of the molecule is CSc1snc2sc3c4c(c(=O)[nH]c3c12)C(c1cccc(Cl)c1)C(C#N)=C(N)O4. The summed E-state index contributed by atoms with van der Waals surface area (Å²) in [5.74, 6) is -0.293. The summed E-state index contributed by atoms with van der Waals surface area (Å²) in [7, 11) is 0. The summed E-state index contributed by atoms with van der Waals surface area (Å²) in [6, 6.07) is 9.17. The molecule has 0 fully saturated rings. The van der Waals surface area contributed by atoms with Gasteiger partial charge in [-0.1, -0.05) is 23.7 Å². The summed E-state index contributed by atoms with van der Waals surface area (Å²) in [5, 5.41) is 11.1. The van der Waals surface area contributed by atoms with E-state index in [0.29, 0.717) is 27.4 Å². The number of benzene rings is 1. The fraction of sp³-hybridized carbons (Fsp3) is 0.105. The molecule has 0 saturated carbocycles. The van der Waals surface area contributed by atoms with E-state index >= 15 is 0 Å². The number of H-pyrrole nitrogens is 1. The number of nitrogens with one attached hydrogen (secondary N) is 1. The van der Waals surface area contributed by atoms with Crippen molar-refractivity contribution >= 4 is 66.7 Å². The van der Waals surface area contributed by atoms with Crippen molar-refractivity contribution in [3.05, 3.63) is 62.2 Å². The van der Waals surface area contributed by atoms with Crippen molar-refractivity contribution in [2.24, 2.45) is 5.73 Å². The summed E-state index contributed by atoms with van der Waals surface area (Å²) in [5.41, 5.74) is 7.71. The molecule has 0 amide bonds. The van der Waals surface area contributed by atoms with Crippen LogP contribution in [0.4, 0.5) is 0 Å². The first-order chi connectivity index (χ1) is 14.0. The number of thioether (sulfide) groups is 1. The van der Waals surface area contributed by atoms with E-state index in [1.54, 1.807) is 30.0 Å². The van der Waals surface area contributed by atoms with Gasteiger partial charge in [-0.2, -0.15) is 9.64 Å². The van der Waals surface area contributed by atoms with Gasteiger partial charge in [0.2, 0.25) is 5.88 Å². The first-order valence-corrected chi connectivity index (χ1v) is 11.6. The fourth-order valence-corrected chi connectivity index (χ4v) is 6.53. The number of thiophene rings is 1. The highest BCUT2D eigenvalue weighted by Crippen LogP contribution is 2.48. The van der Waals surface area contributed by atoms with Crippen molar-refractivity contribution in [1.29, 1.82) is 5.26 Å². The molecule has 10 heteroatoms. The molecule has 4 aromatic rings. The van der Waals surface area contributed by atoms with Gasteiger partial charge in [-0.05, 0) is 35.5 Å². The number of allylic oxidation sites excluding steroid dienone is 1. The van der Waals surface area contributed by atoms with Gasteiger partial charge >= 0.3 is 0 Å². The van der Waals surface area contributed by atoms with Gasteiger partial charge in [0, 0.05) is 5.02 Å². The normalized spacial score (nSPS) is 16.1. The molecule has 0 bridgehead atoms. The number of hydrogen-bond donors (Lipinski definition) is 2.